The van der Waals surface area contributed by atoms with Gasteiger partial charge in [-0.1, -0.05) is 6.92 Å². The van der Waals surface area contributed by atoms with Crippen molar-refractivity contribution >= 4 is 17.4 Å². The Morgan fingerprint density at radius 2 is 2.38 bits per heavy atom. The van der Waals surface area contributed by atoms with Crippen LogP contribution in [0.15, 0.2) is 12.3 Å². The van der Waals surface area contributed by atoms with Crippen molar-refractivity contribution in [3.8, 4) is 0 Å². The number of hydrogen-bond donors (Lipinski definition) is 1. The predicted octanol–water partition coefficient (Wildman–Crippen LogP) is 1.21. The molecule has 114 valence electrons. The second kappa shape index (κ2) is 6.04. The fourth-order valence-electron chi connectivity index (χ4n) is 2.32. The number of amides is 1. The van der Waals surface area contributed by atoms with Crippen LogP contribution in [0.5, 0.6) is 0 Å². The summed E-state index contributed by atoms with van der Waals surface area (Å²) in [6.07, 6.45) is 1.70. The minimum Gasteiger partial charge on any atom is -0.383 e. The van der Waals surface area contributed by atoms with Gasteiger partial charge in [0.15, 0.2) is 0 Å². The number of nitrogens with two attached hydrogens (primary N) is 1. The first-order chi connectivity index (χ1) is 9.93. The maximum Gasteiger partial charge on any atom is 0.288 e. The minimum absolute atomic E-state index is 0.000372. The van der Waals surface area contributed by atoms with Crippen molar-refractivity contribution in [2.45, 2.75) is 32.4 Å². The van der Waals surface area contributed by atoms with E-state index >= 15 is 0 Å². The molecule has 2 unspecified atom stereocenters. The molecule has 1 aliphatic rings. The molecule has 0 radical (unpaired) electrons. The molecule has 8 heteroatoms. The van der Waals surface area contributed by atoms with Crippen LogP contribution in [-0.2, 0) is 4.74 Å². The number of pyridine rings is 1. The highest BCUT2D eigenvalue weighted by Crippen LogP contribution is 2.22. The van der Waals surface area contributed by atoms with Crippen LogP contribution < -0.4 is 5.73 Å². The Morgan fingerprint density at radius 1 is 1.67 bits per heavy atom. The van der Waals surface area contributed by atoms with Gasteiger partial charge in [-0.3, -0.25) is 14.9 Å². The molecule has 2 heterocycles. The fraction of sp³-hybridized carbons (Fsp3) is 0.538. The van der Waals surface area contributed by atoms with Crippen LogP contribution in [0.3, 0.4) is 0 Å². The summed E-state index contributed by atoms with van der Waals surface area (Å²) >= 11 is 0. The zero-order chi connectivity index (χ0) is 15.6. The average Bonchev–Trinajstić information content (AvgIpc) is 2.46. The predicted molar refractivity (Wildman–Crippen MR) is 75.8 cm³/mol. The van der Waals surface area contributed by atoms with Gasteiger partial charge < -0.3 is 15.4 Å². The Labute approximate surface area is 122 Å². The normalized spacial score (nSPS) is 22.1. The number of ether oxygens (including phenoxy) is 1. The van der Waals surface area contributed by atoms with Gasteiger partial charge in [0.25, 0.3) is 11.6 Å². The summed E-state index contributed by atoms with van der Waals surface area (Å²) < 4.78 is 5.54. The molecule has 0 spiro atoms. The second-order valence-corrected chi connectivity index (χ2v) is 5.05. The number of nitrogen functional groups attached to an aromatic ring is 1. The van der Waals surface area contributed by atoms with E-state index in [0.717, 1.165) is 12.6 Å². The van der Waals surface area contributed by atoms with Gasteiger partial charge in [0, 0.05) is 12.6 Å². The smallest absolute Gasteiger partial charge is 0.288 e. The summed E-state index contributed by atoms with van der Waals surface area (Å²) in [5.41, 5.74) is 5.52. The van der Waals surface area contributed by atoms with Gasteiger partial charge in [0.1, 0.15) is 12.0 Å². The molecule has 1 saturated heterocycles. The van der Waals surface area contributed by atoms with E-state index in [1.165, 1.54) is 6.07 Å². The highest BCUT2D eigenvalue weighted by Gasteiger charge is 2.31. The first kappa shape index (κ1) is 15.2. The molecule has 0 bridgehead atoms. The third kappa shape index (κ3) is 3.10. The fourth-order valence-corrected chi connectivity index (χ4v) is 2.32. The topological polar surface area (TPSA) is 112 Å². The van der Waals surface area contributed by atoms with Gasteiger partial charge in [0.05, 0.1) is 29.2 Å². The molecule has 2 N–H and O–H groups in total. The largest absolute Gasteiger partial charge is 0.383 e. The van der Waals surface area contributed by atoms with E-state index in [1.807, 2.05) is 13.8 Å². The number of carbonyl (C=O) groups is 1. The van der Waals surface area contributed by atoms with Gasteiger partial charge in [-0.25, -0.2) is 4.98 Å². The van der Waals surface area contributed by atoms with E-state index in [4.69, 9.17) is 10.5 Å². The van der Waals surface area contributed by atoms with Crippen molar-refractivity contribution in [2.75, 3.05) is 18.9 Å². The molecule has 0 aromatic carbocycles. The molecule has 1 aliphatic heterocycles. The van der Waals surface area contributed by atoms with Gasteiger partial charge >= 0.3 is 0 Å². The summed E-state index contributed by atoms with van der Waals surface area (Å²) in [7, 11) is 0. The van der Waals surface area contributed by atoms with Crippen molar-refractivity contribution < 1.29 is 14.5 Å². The monoisotopic (exact) mass is 294 g/mol. The van der Waals surface area contributed by atoms with Crippen LogP contribution in [0.2, 0.25) is 0 Å². The molecule has 2 atom stereocenters. The zero-order valence-corrected chi connectivity index (χ0v) is 12.0. The maximum atomic E-state index is 12.6. The van der Waals surface area contributed by atoms with Crippen LogP contribution >= 0.6 is 0 Å². The minimum atomic E-state index is -0.595. The highest BCUT2D eigenvalue weighted by atomic mass is 16.6. The third-order valence-electron chi connectivity index (χ3n) is 3.55. The Kier molecular flexibility index (Phi) is 4.37. The molecule has 1 fully saturated rings. The molecule has 1 aromatic heterocycles. The number of morpholine rings is 1. The van der Waals surface area contributed by atoms with E-state index < -0.39 is 4.92 Å². The summed E-state index contributed by atoms with van der Waals surface area (Å²) in [6.45, 7) is 4.71. The molecule has 2 rings (SSSR count). The number of anilines is 1. The lowest BCUT2D eigenvalue weighted by atomic mass is 10.1. The van der Waals surface area contributed by atoms with Crippen LogP contribution in [0, 0.1) is 10.1 Å². The maximum absolute atomic E-state index is 12.6. The van der Waals surface area contributed by atoms with Gasteiger partial charge in [-0.05, 0) is 13.3 Å². The summed E-state index contributed by atoms with van der Waals surface area (Å²) in [5, 5.41) is 10.8. The number of nitrogens with zero attached hydrogens (tertiary/aromatic N) is 3. The first-order valence-corrected chi connectivity index (χ1v) is 6.76. The van der Waals surface area contributed by atoms with E-state index in [0.29, 0.717) is 13.2 Å². The lowest BCUT2D eigenvalue weighted by Crippen LogP contribution is -2.51. The van der Waals surface area contributed by atoms with Crippen LogP contribution in [0.1, 0.15) is 30.6 Å². The summed E-state index contributed by atoms with van der Waals surface area (Å²) in [4.78, 5) is 28.3. The highest BCUT2D eigenvalue weighted by molar-refractivity contribution is 5.99. The Morgan fingerprint density at radius 3 is 3.00 bits per heavy atom. The molecular formula is C13H18N4O4. The van der Waals surface area contributed by atoms with E-state index in [1.54, 1.807) is 4.90 Å². The second-order valence-electron chi connectivity index (χ2n) is 5.05. The standard InChI is InChI=1S/C13H18N4O4/c1-3-9-7-21-8(2)6-16(9)13(18)11-4-10(17(19)20)5-15-12(11)14/h4-5,8-9H,3,6-7H2,1-2H3,(H2,14,15). The quantitative estimate of drug-likeness (QED) is 0.662. The number of hydrogen-bond acceptors (Lipinski definition) is 6. The van der Waals surface area contributed by atoms with E-state index in [9.17, 15) is 14.9 Å². The van der Waals surface area contributed by atoms with Crippen LogP contribution in [0.4, 0.5) is 11.5 Å². The Balaban J connectivity index is 2.33. The van der Waals surface area contributed by atoms with Crippen molar-refractivity contribution in [3.63, 3.8) is 0 Å². The van der Waals surface area contributed by atoms with Gasteiger partial charge in [-0.2, -0.15) is 0 Å². The Hall–Kier alpha value is -2.22. The van der Waals surface area contributed by atoms with Crippen molar-refractivity contribution in [2.24, 2.45) is 0 Å². The molecule has 21 heavy (non-hydrogen) atoms. The molecule has 1 amide bonds. The number of nitro groups is 1. The molecule has 8 nitrogen and oxygen atoms in total. The van der Waals surface area contributed by atoms with E-state index in [2.05, 4.69) is 4.98 Å². The Bertz CT molecular complexity index is 563. The molecular weight excluding hydrogens is 276 g/mol. The van der Waals surface area contributed by atoms with Crippen molar-refractivity contribution in [1.29, 1.82) is 0 Å². The number of carbonyl (C=O) groups excluding carboxylic acids is 1. The average molecular weight is 294 g/mol. The number of aromatic nitrogens is 1. The summed E-state index contributed by atoms with van der Waals surface area (Å²) in [5.74, 6) is -0.342. The SMILES string of the molecule is CCC1COC(C)CN1C(=O)c1cc([N+](=O)[O-])cnc1N. The first-order valence-electron chi connectivity index (χ1n) is 6.76. The third-order valence-corrected chi connectivity index (χ3v) is 3.55. The van der Waals surface area contributed by atoms with Gasteiger partial charge in [-0.15, -0.1) is 0 Å². The summed E-state index contributed by atoms with van der Waals surface area (Å²) in [6, 6.07) is 1.12. The molecule has 1 aromatic rings. The molecule has 0 saturated carbocycles. The van der Waals surface area contributed by atoms with Crippen molar-refractivity contribution in [3.05, 3.63) is 27.9 Å². The lowest BCUT2D eigenvalue weighted by Gasteiger charge is -2.38. The van der Waals surface area contributed by atoms with Crippen LogP contribution in [0.25, 0.3) is 0 Å². The van der Waals surface area contributed by atoms with E-state index in [-0.39, 0.29) is 35.1 Å². The number of rotatable bonds is 3. The lowest BCUT2D eigenvalue weighted by molar-refractivity contribution is -0.385. The zero-order valence-electron chi connectivity index (χ0n) is 12.0. The van der Waals surface area contributed by atoms with Crippen molar-refractivity contribution in [1.82, 2.24) is 9.88 Å². The van der Waals surface area contributed by atoms with Crippen LogP contribution in [-0.4, -0.2) is 46.0 Å². The van der Waals surface area contributed by atoms with Gasteiger partial charge in [0.2, 0.25) is 0 Å². The molecule has 0 aliphatic carbocycles.